The molecule has 0 aliphatic carbocycles. The van der Waals surface area contributed by atoms with Crippen LogP contribution in [0.15, 0.2) is 18.5 Å². The number of aromatic nitrogens is 4. The minimum atomic E-state index is 0.272. The van der Waals surface area contributed by atoms with Gasteiger partial charge in [-0.3, -0.25) is 4.90 Å². The SMILES string of the molecule is Cc1cc(-c2cnc(N)nc2)nc(N2CC3(CCCN3C)C2)n1. The Balaban J connectivity index is 1.60. The second-order valence-corrected chi connectivity index (χ2v) is 6.63. The van der Waals surface area contributed by atoms with Crippen LogP contribution in [0.4, 0.5) is 11.9 Å². The summed E-state index contributed by atoms with van der Waals surface area (Å²) in [6.07, 6.45) is 5.96. The third kappa shape index (κ3) is 2.41. The largest absolute Gasteiger partial charge is 0.368 e. The van der Waals surface area contributed by atoms with Gasteiger partial charge in [-0.05, 0) is 39.4 Å². The molecular weight excluding hydrogens is 290 g/mol. The number of anilines is 2. The van der Waals surface area contributed by atoms with Crippen molar-refractivity contribution in [1.29, 1.82) is 0 Å². The zero-order valence-electron chi connectivity index (χ0n) is 13.5. The first-order valence-corrected chi connectivity index (χ1v) is 7.96. The lowest BCUT2D eigenvalue weighted by Crippen LogP contribution is -2.67. The summed E-state index contributed by atoms with van der Waals surface area (Å²) in [6, 6.07) is 1.95. The Morgan fingerprint density at radius 3 is 2.57 bits per heavy atom. The van der Waals surface area contributed by atoms with E-state index in [9.17, 15) is 0 Å². The minimum absolute atomic E-state index is 0.272. The summed E-state index contributed by atoms with van der Waals surface area (Å²) in [5.41, 5.74) is 8.53. The van der Waals surface area contributed by atoms with Gasteiger partial charge >= 0.3 is 0 Å². The fraction of sp³-hybridized carbons (Fsp3) is 0.500. The van der Waals surface area contributed by atoms with Crippen molar-refractivity contribution >= 4 is 11.9 Å². The molecule has 2 aliphatic rings. The molecule has 7 heteroatoms. The first kappa shape index (κ1) is 14.3. The monoisotopic (exact) mass is 311 g/mol. The Labute approximate surface area is 135 Å². The molecule has 0 bridgehead atoms. The van der Waals surface area contributed by atoms with E-state index in [1.165, 1.54) is 19.4 Å². The van der Waals surface area contributed by atoms with Crippen molar-refractivity contribution in [3.63, 3.8) is 0 Å². The molecule has 4 heterocycles. The van der Waals surface area contributed by atoms with E-state index in [1.54, 1.807) is 12.4 Å². The van der Waals surface area contributed by atoms with Crippen LogP contribution in [0.5, 0.6) is 0 Å². The maximum atomic E-state index is 5.55. The Hall–Kier alpha value is -2.28. The number of hydrogen-bond donors (Lipinski definition) is 1. The van der Waals surface area contributed by atoms with Crippen LogP contribution < -0.4 is 10.6 Å². The van der Waals surface area contributed by atoms with Crippen LogP contribution in [0, 0.1) is 6.92 Å². The molecule has 0 saturated carbocycles. The van der Waals surface area contributed by atoms with Gasteiger partial charge in [0.05, 0.1) is 11.2 Å². The van der Waals surface area contributed by atoms with E-state index in [-0.39, 0.29) is 5.95 Å². The number of likely N-dealkylation sites (N-methyl/N-ethyl adjacent to an activating group) is 1. The molecular formula is C16H21N7. The van der Waals surface area contributed by atoms with Crippen LogP contribution in [0.3, 0.4) is 0 Å². The van der Waals surface area contributed by atoms with Crippen molar-refractivity contribution in [1.82, 2.24) is 24.8 Å². The lowest BCUT2D eigenvalue weighted by atomic mass is 9.87. The molecule has 2 N–H and O–H groups in total. The average Bonchev–Trinajstić information content (AvgIpc) is 2.87. The fourth-order valence-corrected chi connectivity index (χ4v) is 3.59. The van der Waals surface area contributed by atoms with Crippen LogP contribution in [0.1, 0.15) is 18.5 Å². The highest BCUT2D eigenvalue weighted by Gasteiger charge is 2.49. The zero-order chi connectivity index (χ0) is 16.0. The molecule has 2 aliphatic heterocycles. The van der Waals surface area contributed by atoms with Crippen LogP contribution >= 0.6 is 0 Å². The number of rotatable bonds is 2. The van der Waals surface area contributed by atoms with E-state index in [1.807, 2.05) is 13.0 Å². The summed E-state index contributed by atoms with van der Waals surface area (Å²) < 4.78 is 0. The third-order valence-corrected chi connectivity index (χ3v) is 5.01. The van der Waals surface area contributed by atoms with Crippen molar-refractivity contribution < 1.29 is 0 Å². The second-order valence-electron chi connectivity index (χ2n) is 6.63. The van der Waals surface area contributed by atoms with Crippen molar-refractivity contribution in [3.8, 4) is 11.3 Å². The van der Waals surface area contributed by atoms with Crippen molar-refractivity contribution in [2.45, 2.75) is 25.3 Å². The Morgan fingerprint density at radius 1 is 1.17 bits per heavy atom. The van der Waals surface area contributed by atoms with Gasteiger partial charge in [0.1, 0.15) is 0 Å². The molecule has 2 aromatic rings. The molecule has 2 saturated heterocycles. The van der Waals surface area contributed by atoms with Crippen molar-refractivity contribution in [2.24, 2.45) is 0 Å². The Morgan fingerprint density at radius 2 is 1.91 bits per heavy atom. The van der Waals surface area contributed by atoms with E-state index < -0.39 is 0 Å². The van der Waals surface area contributed by atoms with Crippen LogP contribution in [-0.2, 0) is 0 Å². The Kier molecular flexibility index (Phi) is 3.19. The summed E-state index contributed by atoms with van der Waals surface area (Å²) in [5.74, 6) is 1.07. The van der Waals surface area contributed by atoms with E-state index in [0.717, 1.165) is 36.0 Å². The summed E-state index contributed by atoms with van der Waals surface area (Å²) in [5, 5.41) is 0. The average molecular weight is 311 g/mol. The van der Waals surface area contributed by atoms with E-state index in [4.69, 9.17) is 10.7 Å². The lowest BCUT2D eigenvalue weighted by molar-refractivity contribution is 0.131. The number of nitrogen functional groups attached to an aromatic ring is 1. The lowest BCUT2D eigenvalue weighted by Gasteiger charge is -2.51. The highest BCUT2D eigenvalue weighted by Crippen LogP contribution is 2.38. The van der Waals surface area contributed by atoms with Crippen LogP contribution in [0.25, 0.3) is 11.3 Å². The maximum Gasteiger partial charge on any atom is 0.226 e. The number of aryl methyl sites for hydroxylation is 1. The van der Waals surface area contributed by atoms with Gasteiger partial charge in [0.25, 0.3) is 0 Å². The highest BCUT2D eigenvalue weighted by molar-refractivity contribution is 5.60. The smallest absolute Gasteiger partial charge is 0.226 e. The molecule has 0 unspecified atom stereocenters. The molecule has 0 atom stereocenters. The van der Waals surface area contributed by atoms with Crippen LogP contribution in [0.2, 0.25) is 0 Å². The quantitative estimate of drug-likeness (QED) is 0.889. The van der Waals surface area contributed by atoms with Crippen molar-refractivity contribution in [3.05, 3.63) is 24.2 Å². The summed E-state index contributed by atoms with van der Waals surface area (Å²) in [6.45, 7) is 5.19. The third-order valence-electron chi connectivity index (χ3n) is 5.01. The summed E-state index contributed by atoms with van der Waals surface area (Å²) in [4.78, 5) is 22.2. The molecule has 4 rings (SSSR count). The Bertz CT molecular complexity index is 722. The molecule has 2 fully saturated rings. The predicted molar refractivity (Wildman–Crippen MR) is 89.0 cm³/mol. The van der Waals surface area contributed by atoms with Gasteiger partial charge in [0, 0.05) is 36.7 Å². The number of hydrogen-bond acceptors (Lipinski definition) is 7. The van der Waals surface area contributed by atoms with Gasteiger partial charge in [0.2, 0.25) is 11.9 Å². The van der Waals surface area contributed by atoms with Gasteiger partial charge < -0.3 is 10.6 Å². The normalized spacial score (nSPS) is 20.0. The summed E-state index contributed by atoms with van der Waals surface area (Å²) >= 11 is 0. The predicted octanol–water partition coefficient (Wildman–Crippen LogP) is 1.11. The zero-order valence-corrected chi connectivity index (χ0v) is 13.5. The molecule has 0 radical (unpaired) electrons. The maximum absolute atomic E-state index is 5.55. The highest BCUT2D eigenvalue weighted by atomic mass is 15.4. The first-order chi connectivity index (χ1) is 11.1. The van der Waals surface area contributed by atoms with Gasteiger partial charge in [0.15, 0.2) is 0 Å². The number of nitrogens with two attached hydrogens (primary N) is 1. The second kappa shape index (κ2) is 5.13. The number of likely N-dealkylation sites (tertiary alicyclic amines) is 1. The summed E-state index contributed by atoms with van der Waals surface area (Å²) in [7, 11) is 2.22. The minimum Gasteiger partial charge on any atom is -0.368 e. The molecule has 0 amide bonds. The fourth-order valence-electron chi connectivity index (χ4n) is 3.59. The topological polar surface area (TPSA) is 84.1 Å². The van der Waals surface area contributed by atoms with Crippen molar-refractivity contribution in [2.75, 3.05) is 37.3 Å². The molecule has 2 aromatic heterocycles. The van der Waals surface area contributed by atoms with Gasteiger partial charge in [-0.25, -0.2) is 19.9 Å². The standard InChI is InChI=1S/C16H21N7/c1-11-6-13(12-7-18-14(17)19-8-12)21-15(20-11)23-9-16(10-23)4-3-5-22(16)2/h6-8H,3-5,9-10H2,1-2H3,(H2,17,18,19). The van der Waals surface area contributed by atoms with E-state index >= 15 is 0 Å². The molecule has 7 nitrogen and oxygen atoms in total. The van der Waals surface area contributed by atoms with E-state index in [2.05, 4.69) is 31.8 Å². The molecule has 23 heavy (non-hydrogen) atoms. The molecule has 1 spiro atoms. The van der Waals surface area contributed by atoms with Gasteiger partial charge in [-0.1, -0.05) is 0 Å². The van der Waals surface area contributed by atoms with Gasteiger partial charge in [-0.2, -0.15) is 0 Å². The first-order valence-electron chi connectivity index (χ1n) is 7.96. The van der Waals surface area contributed by atoms with Crippen LogP contribution in [-0.4, -0.2) is 57.1 Å². The molecule has 120 valence electrons. The van der Waals surface area contributed by atoms with E-state index in [0.29, 0.717) is 5.54 Å². The number of nitrogens with zero attached hydrogens (tertiary/aromatic N) is 6. The van der Waals surface area contributed by atoms with Gasteiger partial charge in [-0.15, -0.1) is 0 Å². The molecule has 0 aromatic carbocycles.